The summed E-state index contributed by atoms with van der Waals surface area (Å²) in [5, 5.41) is 26.2. The van der Waals surface area contributed by atoms with Gasteiger partial charge in [0.05, 0.1) is 169 Å². The summed E-state index contributed by atoms with van der Waals surface area (Å²) in [6.45, 7) is 18.1. The van der Waals surface area contributed by atoms with E-state index in [2.05, 4.69) is 61.3 Å². The van der Waals surface area contributed by atoms with Crippen molar-refractivity contribution in [3.63, 3.8) is 0 Å². The summed E-state index contributed by atoms with van der Waals surface area (Å²) in [4.78, 5) is 148. The third-order valence-corrected chi connectivity index (χ3v) is 21.8. The summed E-state index contributed by atoms with van der Waals surface area (Å²) < 4.78 is 169. The number of urea groups is 1. The molecule has 0 radical (unpaired) electrons. The molecule has 8 rings (SSSR count). The van der Waals surface area contributed by atoms with Crippen LogP contribution in [0.4, 0.5) is 32.8 Å². The van der Waals surface area contributed by atoms with Crippen LogP contribution >= 0.6 is 0 Å². The quantitative estimate of drug-likeness (QED) is 0.00295. The van der Waals surface area contributed by atoms with E-state index in [9.17, 15) is 73.9 Å². The molecule has 0 bridgehead atoms. The number of piperazine rings is 1. The minimum Gasteiger partial charge on any atom is -0.494 e. The lowest BCUT2D eigenvalue weighted by Crippen LogP contribution is -2.54. The fraction of sp³-hybridized carbons (Fsp3) is 0.516. The molecule has 1 aliphatic rings. The Hall–Kier alpha value is -12.9. The van der Waals surface area contributed by atoms with Gasteiger partial charge in [-0.3, -0.25) is 52.5 Å². The van der Waals surface area contributed by atoms with E-state index in [1.165, 1.54) is 49.1 Å². The SMILES string of the molecule is CCN/C(=C\C(C)=N)C(=O)N=c1[nH]c2cc(C(N)=O)cc(OC)c2n1C/C=C/Cn1c(=NC(=O)c2cc(C)nn2CC)[nH]c2cc(C(N)=O)cc(OCCCN3CCN(C(=O)OCc4ccc(NC(=O)C(CCCNC(N)=O)NC(=O)[C@@H](NC(=O)CCOCCOCCOCCOCCOCCOCCOCCOCCOCCOCCC(=O)Oc5c(F)c(F)c(S(=O)(=O)O)c(F)c5F)C(C)C)cc4)CC3)c21. The third kappa shape index (κ3) is 37.2. The maximum absolute atomic E-state index is 14.1. The number of nitrogens with zero attached hydrogens (tertiary/aromatic N) is 8. The van der Waals surface area contributed by atoms with E-state index in [0.29, 0.717) is 157 Å². The first-order valence-corrected chi connectivity index (χ1v) is 47.2. The van der Waals surface area contributed by atoms with Crippen LogP contribution < -0.4 is 69.2 Å². The molecule has 1 unspecified atom stereocenters. The average Bonchev–Trinajstić information content (AvgIpc) is 1.42. The normalized spacial score (nSPS) is 13.3. The Kier molecular flexibility index (Phi) is 48.1. The van der Waals surface area contributed by atoms with Crippen LogP contribution in [0.2, 0.25) is 0 Å². The number of rotatable bonds is 65. The number of aryl methyl sites for hydroxylation is 2. The van der Waals surface area contributed by atoms with Gasteiger partial charge in [0.1, 0.15) is 52.6 Å². The van der Waals surface area contributed by atoms with Gasteiger partial charge in [-0.2, -0.15) is 32.3 Å². The first-order chi connectivity index (χ1) is 68.1. The number of fused-ring (bicyclic) bond motifs is 2. The molecule has 4 heterocycles. The number of primary amides is 3. The van der Waals surface area contributed by atoms with Crippen molar-refractivity contribution in [2.45, 2.75) is 117 Å². The Bertz CT molecular complexity index is 5730. The van der Waals surface area contributed by atoms with E-state index in [4.69, 9.17) is 88.7 Å². The monoisotopic (exact) mass is 2020 g/mol. The number of benzene rings is 4. The summed E-state index contributed by atoms with van der Waals surface area (Å²) >= 11 is 0. The molecule has 142 heavy (non-hydrogen) atoms. The van der Waals surface area contributed by atoms with Crippen molar-refractivity contribution in [1.29, 1.82) is 5.41 Å². The van der Waals surface area contributed by atoms with Crippen molar-refractivity contribution in [1.82, 2.24) is 59.9 Å². The number of carbonyl (C=O) groups is 10. The number of carbonyl (C=O) groups excluding carboxylic acids is 10. The van der Waals surface area contributed by atoms with Gasteiger partial charge in [0.15, 0.2) is 16.5 Å². The highest BCUT2D eigenvalue weighted by molar-refractivity contribution is 7.85. The van der Waals surface area contributed by atoms with Crippen LogP contribution in [-0.4, -0.2) is 321 Å². The van der Waals surface area contributed by atoms with Gasteiger partial charge in [-0.1, -0.05) is 38.1 Å². The molecule has 1 fully saturated rings. The van der Waals surface area contributed by atoms with E-state index < -0.39 is 128 Å². The van der Waals surface area contributed by atoms with Gasteiger partial charge >= 0.3 is 28.2 Å². The molecule has 46 nitrogen and oxygen atoms in total. The predicted molar refractivity (Wildman–Crippen MR) is 502 cm³/mol. The molecule has 51 heteroatoms. The van der Waals surface area contributed by atoms with Crippen LogP contribution in [-0.2, 0) is 112 Å². The minimum atomic E-state index is -5.68. The Morgan fingerprint density at radius 2 is 1.11 bits per heavy atom. The van der Waals surface area contributed by atoms with Gasteiger partial charge in [0.2, 0.25) is 58.2 Å². The summed E-state index contributed by atoms with van der Waals surface area (Å²) in [7, 11) is -4.26. The Labute approximate surface area is 814 Å². The molecule has 1 saturated heterocycles. The smallest absolute Gasteiger partial charge is 0.410 e. The predicted octanol–water partition coefficient (Wildman–Crippen LogP) is 4.03. The van der Waals surface area contributed by atoms with Gasteiger partial charge in [-0.15, -0.1) is 0 Å². The number of imidazole rings is 2. The van der Waals surface area contributed by atoms with E-state index in [-0.39, 0.29) is 169 Å². The minimum absolute atomic E-state index is 0.00861. The zero-order valence-electron chi connectivity index (χ0n) is 80.1. The summed E-state index contributed by atoms with van der Waals surface area (Å²) in [5.41, 5.74) is 20.9. The number of aromatic amines is 2. The number of likely N-dealkylation sites (N-methyl/N-ethyl adjacent to an activating group) is 1. The van der Waals surface area contributed by atoms with Crippen molar-refractivity contribution in [3.8, 4) is 17.2 Å². The topological polar surface area (TPSA) is 607 Å². The standard InChI is InChI=1S/C91H125F4N19O27S/c1-8-100-67(50-58(5)96)85(120)107-89-104-65-52-61(82(97)117)54-69(128-7)78(65)112(89)23-10-11-24-113-79-66(105-90(113)108-86(121)68-51-59(6)109-114(68)9-2)53-62(83(98)118)55-70(79)139-29-13-22-110-25-27-111(28-26-110)91(124)140-56-60-15-17-63(18-16-60)102-84(119)64(14-12-21-101-88(99)123)103-87(122)77(57(3)4)106-71(115)19-30-129-32-34-131-36-38-133-40-42-135-44-46-137-48-49-138-47-45-136-43-41-134-39-37-132-35-33-130-31-20-72(116)141-80-73(92)75(94)81(142(125,126)127)76(95)74(80)93/h10-11,15-18,50-55,57,64,77,96,100H,8-9,12-14,19-49,56H2,1-7H3,(H2,97,117)(H2,98,118)(H,102,119)(H,103,122)(H,106,115)(H3,99,101,123)(H,104,107,120)(H,105,108,121)(H,125,126,127)/b11-10+,67-50-,96-58?/t64?,77-/m0/s1. The molecule has 0 aliphatic carbocycles. The lowest BCUT2D eigenvalue weighted by atomic mass is 10.0. The van der Waals surface area contributed by atoms with Gasteiger partial charge in [-0.05, 0) is 107 Å². The maximum Gasteiger partial charge on any atom is 0.410 e. The van der Waals surface area contributed by atoms with Crippen LogP contribution in [0, 0.1) is 41.5 Å². The highest BCUT2D eigenvalue weighted by atomic mass is 32.2. The molecular weight excluding hydrogens is 1900 g/mol. The van der Waals surface area contributed by atoms with Gasteiger partial charge in [-0.25, -0.2) is 18.4 Å². The molecule has 15 N–H and O–H groups in total. The molecule has 3 aromatic heterocycles. The first kappa shape index (κ1) is 114. The fourth-order valence-corrected chi connectivity index (χ4v) is 14.6. The van der Waals surface area contributed by atoms with Crippen molar-refractivity contribution in [2.24, 2.45) is 33.1 Å². The van der Waals surface area contributed by atoms with Crippen molar-refractivity contribution >= 4 is 103 Å². The Balaban J connectivity index is 0.683. The Morgan fingerprint density at radius 1 is 0.613 bits per heavy atom. The molecule has 4 aromatic carbocycles. The van der Waals surface area contributed by atoms with Crippen molar-refractivity contribution in [2.75, 3.05) is 197 Å². The summed E-state index contributed by atoms with van der Waals surface area (Å²) in [5.74, 6) is -17.1. The number of hydrogen-bond acceptors (Lipinski definition) is 30. The largest absolute Gasteiger partial charge is 0.494 e. The number of H-pyrrole nitrogens is 2. The molecular formula is C91H125F4N19O27S. The average molecular weight is 2030 g/mol. The number of esters is 1. The third-order valence-electron chi connectivity index (χ3n) is 20.9. The fourth-order valence-electron chi connectivity index (χ4n) is 13.9. The van der Waals surface area contributed by atoms with Gasteiger partial charge < -0.3 is 140 Å². The highest BCUT2D eigenvalue weighted by Gasteiger charge is 2.35. The van der Waals surface area contributed by atoms with E-state index in [0.717, 1.165) is 0 Å². The van der Waals surface area contributed by atoms with Crippen LogP contribution in [0.5, 0.6) is 17.2 Å². The van der Waals surface area contributed by atoms with Crippen LogP contribution in [0.3, 0.4) is 0 Å². The molecule has 0 spiro atoms. The van der Waals surface area contributed by atoms with Crippen LogP contribution in [0.25, 0.3) is 22.1 Å². The first-order valence-electron chi connectivity index (χ1n) is 45.8. The second kappa shape index (κ2) is 59.7. The molecule has 780 valence electrons. The number of methoxy groups -OCH3 is 1. The lowest BCUT2D eigenvalue weighted by Gasteiger charge is -2.34. The number of halogens is 4. The van der Waals surface area contributed by atoms with E-state index >= 15 is 0 Å². The van der Waals surface area contributed by atoms with E-state index in [1.807, 2.05) is 6.92 Å². The van der Waals surface area contributed by atoms with Crippen molar-refractivity contribution in [3.05, 3.63) is 141 Å². The van der Waals surface area contributed by atoms with Gasteiger partial charge in [0, 0.05) is 94.4 Å². The van der Waals surface area contributed by atoms with Crippen LogP contribution in [0.1, 0.15) is 109 Å². The number of anilines is 1. The summed E-state index contributed by atoms with van der Waals surface area (Å²) in [6, 6.07) is 11.3. The molecule has 1 aliphatic heterocycles. The number of nitrogens with one attached hydrogen (secondary N) is 8. The number of hydrogen-bond donors (Lipinski definition) is 12. The zero-order valence-corrected chi connectivity index (χ0v) is 80.9. The maximum atomic E-state index is 14.1. The number of nitrogens with two attached hydrogens (primary N) is 3. The lowest BCUT2D eigenvalue weighted by molar-refractivity contribution is -0.136. The highest BCUT2D eigenvalue weighted by Crippen LogP contribution is 2.34. The number of aromatic nitrogens is 6. The second-order valence-corrected chi connectivity index (χ2v) is 33.3. The van der Waals surface area contributed by atoms with Crippen molar-refractivity contribution < 1.29 is 145 Å². The molecule has 0 saturated carbocycles. The summed E-state index contributed by atoms with van der Waals surface area (Å²) in [6.07, 6.45) is 4.54. The van der Waals surface area contributed by atoms with Gasteiger partial charge in [0.25, 0.3) is 11.8 Å². The molecule has 2 atom stereocenters. The van der Waals surface area contributed by atoms with Crippen LogP contribution in [0.15, 0.2) is 93.4 Å². The number of allylic oxidation sites excluding steroid dienone is 3. The molecule has 7 aromatic rings. The van der Waals surface area contributed by atoms with E-state index in [1.54, 1.807) is 84.2 Å². The second-order valence-electron chi connectivity index (χ2n) is 31.9. The number of ether oxygens (including phenoxy) is 14. The molecule has 10 amide bonds. The zero-order chi connectivity index (χ0) is 103. The Morgan fingerprint density at radius 3 is 1.58 bits per heavy atom. The number of amides is 10.